The number of amides is 1. The number of nitrogens with zero attached hydrogens (tertiary/aromatic N) is 4. The zero-order valence-electron chi connectivity index (χ0n) is 14.3. The van der Waals surface area contributed by atoms with Crippen LogP contribution in [-0.2, 0) is 4.79 Å². The van der Waals surface area contributed by atoms with E-state index in [2.05, 4.69) is 25.6 Å². The van der Waals surface area contributed by atoms with Crippen molar-refractivity contribution in [1.82, 2.24) is 20.3 Å². The Morgan fingerprint density at radius 1 is 1.35 bits per heavy atom. The van der Waals surface area contributed by atoms with Gasteiger partial charge in [-0.3, -0.25) is 9.69 Å². The topological polar surface area (TPSA) is 110 Å². The van der Waals surface area contributed by atoms with Gasteiger partial charge in [-0.05, 0) is 38.9 Å². The van der Waals surface area contributed by atoms with Gasteiger partial charge in [0, 0.05) is 12.0 Å². The lowest BCUT2D eigenvalue weighted by atomic mass is 9.97. The second-order valence-electron chi connectivity index (χ2n) is 6.38. The number of rotatable bonds is 5. The lowest BCUT2D eigenvalue weighted by molar-refractivity contribution is -0.117. The maximum absolute atomic E-state index is 12.1. The summed E-state index contributed by atoms with van der Waals surface area (Å²) in [5, 5.41) is 14.7. The summed E-state index contributed by atoms with van der Waals surface area (Å²) < 4.78 is 15.7. The molecule has 1 saturated heterocycles. The van der Waals surface area contributed by atoms with Crippen molar-refractivity contribution in [3.05, 3.63) is 36.3 Å². The average Bonchev–Trinajstić information content (AvgIpc) is 3.36. The van der Waals surface area contributed by atoms with Gasteiger partial charge in [0.15, 0.2) is 5.82 Å². The molecule has 0 atom stereocenters. The molecule has 0 aliphatic carbocycles. The molecule has 3 aromatic rings. The van der Waals surface area contributed by atoms with E-state index in [1.807, 2.05) is 0 Å². The van der Waals surface area contributed by atoms with Gasteiger partial charge in [-0.25, -0.2) is 0 Å². The molecule has 1 aliphatic heterocycles. The molecule has 1 N–H and O–H groups in total. The minimum atomic E-state index is -0.100. The first-order valence-corrected chi connectivity index (χ1v) is 8.49. The van der Waals surface area contributed by atoms with Crippen molar-refractivity contribution >= 4 is 11.7 Å². The van der Waals surface area contributed by atoms with E-state index in [0.717, 1.165) is 31.5 Å². The van der Waals surface area contributed by atoms with Crippen LogP contribution in [0, 0.1) is 6.92 Å². The Balaban J connectivity index is 1.28. The SMILES string of the molecule is Cc1cc(NC(=O)CN2CCC(c3nnc(-c4ccoc4)o3)CC2)no1. The van der Waals surface area contributed by atoms with Crippen LogP contribution < -0.4 is 5.32 Å². The number of carbonyl (C=O) groups excluding carboxylic acids is 1. The smallest absolute Gasteiger partial charge is 0.250 e. The summed E-state index contributed by atoms with van der Waals surface area (Å²) in [5.41, 5.74) is 0.779. The standard InChI is InChI=1S/C17H19N5O4/c1-11-8-14(21-26-11)18-15(23)9-22-5-2-12(3-6-22)16-19-20-17(25-16)13-4-7-24-10-13/h4,7-8,10,12H,2-3,5-6,9H2,1H3,(H,18,21,23). The van der Waals surface area contributed by atoms with Crippen molar-refractivity contribution in [2.75, 3.05) is 25.0 Å². The second-order valence-corrected chi connectivity index (χ2v) is 6.38. The van der Waals surface area contributed by atoms with Gasteiger partial charge in [-0.1, -0.05) is 5.16 Å². The molecule has 1 amide bonds. The summed E-state index contributed by atoms with van der Waals surface area (Å²) in [6, 6.07) is 3.48. The Labute approximate surface area is 149 Å². The molecule has 0 aromatic carbocycles. The van der Waals surface area contributed by atoms with E-state index in [1.54, 1.807) is 31.6 Å². The number of carbonyl (C=O) groups is 1. The number of hydrogen-bond acceptors (Lipinski definition) is 8. The lowest BCUT2D eigenvalue weighted by Crippen LogP contribution is -2.38. The third kappa shape index (κ3) is 3.67. The van der Waals surface area contributed by atoms with Crippen molar-refractivity contribution in [3.63, 3.8) is 0 Å². The van der Waals surface area contributed by atoms with Gasteiger partial charge in [0.2, 0.25) is 11.8 Å². The maximum Gasteiger partial charge on any atom is 0.250 e. The third-order valence-electron chi connectivity index (χ3n) is 4.41. The molecule has 4 rings (SSSR count). The number of likely N-dealkylation sites (tertiary alicyclic amines) is 1. The van der Waals surface area contributed by atoms with E-state index in [1.165, 1.54) is 0 Å². The molecule has 4 heterocycles. The van der Waals surface area contributed by atoms with Crippen molar-refractivity contribution in [2.24, 2.45) is 0 Å². The molecule has 3 aromatic heterocycles. The predicted molar refractivity (Wildman–Crippen MR) is 90.3 cm³/mol. The number of hydrogen-bond donors (Lipinski definition) is 1. The van der Waals surface area contributed by atoms with E-state index in [-0.39, 0.29) is 11.8 Å². The van der Waals surface area contributed by atoms with Crippen LogP contribution >= 0.6 is 0 Å². The van der Waals surface area contributed by atoms with E-state index in [9.17, 15) is 4.79 Å². The van der Waals surface area contributed by atoms with Crippen LogP contribution in [0.4, 0.5) is 5.82 Å². The highest BCUT2D eigenvalue weighted by Crippen LogP contribution is 2.29. The monoisotopic (exact) mass is 357 g/mol. The number of furan rings is 1. The number of anilines is 1. The Morgan fingerprint density at radius 3 is 2.88 bits per heavy atom. The zero-order chi connectivity index (χ0) is 17.9. The first kappa shape index (κ1) is 16.5. The summed E-state index contributed by atoms with van der Waals surface area (Å²) in [4.78, 5) is 14.2. The molecular formula is C17H19N5O4. The highest BCUT2D eigenvalue weighted by Gasteiger charge is 2.26. The Morgan fingerprint density at radius 2 is 2.19 bits per heavy atom. The summed E-state index contributed by atoms with van der Waals surface area (Å²) >= 11 is 0. The van der Waals surface area contributed by atoms with Gasteiger partial charge in [0.05, 0.1) is 18.4 Å². The Hall–Kier alpha value is -2.94. The highest BCUT2D eigenvalue weighted by molar-refractivity contribution is 5.91. The van der Waals surface area contributed by atoms with Gasteiger partial charge in [0.25, 0.3) is 5.89 Å². The van der Waals surface area contributed by atoms with Gasteiger partial charge >= 0.3 is 0 Å². The largest absolute Gasteiger partial charge is 0.472 e. The number of piperidine rings is 1. The van der Waals surface area contributed by atoms with Gasteiger partial charge in [0.1, 0.15) is 12.0 Å². The highest BCUT2D eigenvalue weighted by atomic mass is 16.5. The van der Waals surface area contributed by atoms with Crippen LogP contribution in [0.1, 0.15) is 30.4 Å². The van der Waals surface area contributed by atoms with Crippen LogP contribution in [0.3, 0.4) is 0 Å². The van der Waals surface area contributed by atoms with Crippen LogP contribution in [0.25, 0.3) is 11.5 Å². The fourth-order valence-electron chi connectivity index (χ4n) is 3.05. The average molecular weight is 357 g/mol. The molecule has 9 heteroatoms. The Bertz CT molecular complexity index is 861. The molecule has 136 valence electrons. The van der Waals surface area contributed by atoms with Crippen molar-refractivity contribution in [2.45, 2.75) is 25.7 Å². The van der Waals surface area contributed by atoms with Crippen LogP contribution in [0.15, 0.2) is 38.0 Å². The molecule has 1 fully saturated rings. The Kier molecular flexibility index (Phi) is 4.53. The van der Waals surface area contributed by atoms with E-state index < -0.39 is 0 Å². The first-order valence-electron chi connectivity index (χ1n) is 8.49. The van der Waals surface area contributed by atoms with Gasteiger partial charge in [-0.15, -0.1) is 10.2 Å². The summed E-state index contributed by atoms with van der Waals surface area (Å²) in [6.07, 6.45) is 4.88. The second kappa shape index (κ2) is 7.12. The van der Waals surface area contributed by atoms with E-state index in [0.29, 0.717) is 29.9 Å². The zero-order valence-corrected chi connectivity index (χ0v) is 14.3. The molecule has 0 bridgehead atoms. The first-order chi connectivity index (χ1) is 12.7. The van der Waals surface area contributed by atoms with Crippen molar-refractivity contribution < 1.29 is 18.2 Å². The summed E-state index contributed by atoms with van der Waals surface area (Å²) in [7, 11) is 0. The number of aromatic nitrogens is 3. The minimum absolute atomic E-state index is 0.100. The van der Waals surface area contributed by atoms with Crippen molar-refractivity contribution in [3.8, 4) is 11.5 Å². The quantitative estimate of drug-likeness (QED) is 0.741. The van der Waals surface area contributed by atoms with Crippen molar-refractivity contribution in [1.29, 1.82) is 0 Å². The maximum atomic E-state index is 12.1. The van der Waals surface area contributed by atoms with E-state index >= 15 is 0 Å². The molecule has 0 saturated carbocycles. The molecule has 26 heavy (non-hydrogen) atoms. The van der Waals surface area contributed by atoms with Crippen LogP contribution in [0.2, 0.25) is 0 Å². The minimum Gasteiger partial charge on any atom is -0.472 e. The fourth-order valence-corrected chi connectivity index (χ4v) is 3.05. The number of nitrogens with one attached hydrogen (secondary N) is 1. The third-order valence-corrected chi connectivity index (χ3v) is 4.41. The fraction of sp³-hybridized carbons (Fsp3) is 0.412. The van der Waals surface area contributed by atoms with E-state index in [4.69, 9.17) is 13.4 Å². The van der Waals surface area contributed by atoms with Gasteiger partial charge in [-0.2, -0.15) is 0 Å². The normalized spacial score (nSPS) is 16.0. The molecule has 0 radical (unpaired) electrons. The lowest BCUT2D eigenvalue weighted by Gasteiger charge is -2.29. The molecule has 0 spiro atoms. The van der Waals surface area contributed by atoms with Gasteiger partial charge < -0.3 is 18.7 Å². The summed E-state index contributed by atoms with van der Waals surface area (Å²) in [6.45, 7) is 3.68. The van der Waals surface area contributed by atoms with Crippen LogP contribution in [0.5, 0.6) is 0 Å². The summed E-state index contributed by atoms with van der Waals surface area (Å²) in [5.74, 6) is 2.33. The molecular weight excluding hydrogens is 338 g/mol. The number of aryl methyl sites for hydroxylation is 1. The predicted octanol–water partition coefficient (Wildman–Crippen LogP) is 2.44. The molecule has 1 aliphatic rings. The molecule has 9 nitrogen and oxygen atoms in total. The molecule has 0 unspecified atom stereocenters. The van der Waals surface area contributed by atoms with Crippen LogP contribution in [-0.4, -0.2) is 45.8 Å².